The van der Waals surface area contributed by atoms with Crippen LogP contribution in [0, 0.1) is 28.6 Å². The zero-order valence-electron chi connectivity index (χ0n) is 13.2. The third-order valence-corrected chi connectivity index (χ3v) is 5.75. The van der Waals surface area contributed by atoms with Crippen LogP contribution in [0.2, 0.25) is 0 Å². The standard InChI is InChI=1S/C17H29NO/c1-15(2,3)10-16(4,5)18-14(19)17-8-11-6-13(17)7-12(11)9-17/h11-13H,6-10H2,1-5H3,(H,18,19). The maximum atomic E-state index is 12.9. The summed E-state index contributed by atoms with van der Waals surface area (Å²) in [5, 5.41) is 3.39. The topological polar surface area (TPSA) is 29.1 Å². The normalized spacial score (nSPS) is 40.2. The van der Waals surface area contributed by atoms with Crippen molar-refractivity contribution in [2.45, 2.75) is 72.3 Å². The summed E-state index contributed by atoms with van der Waals surface area (Å²) < 4.78 is 0. The van der Waals surface area contributed by atoms with Gasteiger partial charge in [0.05, 0.1) is 5.41 Å². The Morgan fingerprint density at radius 3 is 2.00 bits per heavy atom. The second kappa shape index (κ2) is 3.77. The minimum atomic E-state index is -0.0881. The van der Waals surface area contributed by atoms with E-state index in [0.717, 1.165) is 18.3 Å². The van der Waals surface area contributed by atoms with Crippen LogP contribution in [0.4, 0.5) is 0 Å². The Kier molecular flexibility index (Phi) is 2.67. The Morgan fingerprint density at radius 1 is 1.11 bits per heavy atom. The molecule has 0 saturated heterocycles. The Morgan fingerprint density at radius 2 is 1.63 bits per heavy atom. The lowest BCUT2D eigenvalue weighted by Crippen LogP contribution is -2.51. The van der Waals surface area contributed by atoms with Gasteiger partial charge in [-0.15, -0.1) is 0 Å². The van der Waals surface area contributed by atoms with E-state index in [0.29, 0.717) is 11.8 Å². The fraction of sp³-hybridized carbons (Fsp3) is 0.941. The third-order valence-electron chi connectivity index (χ3n) is 5.75. The van der Waals surface area contributed by atoms with E-state index in [-0.39, 0.29) is 16.4 Å². The van der Waals surface area contributed by atoms with Gasteiger partial charge in [0.15, 0.2) is 0 Å². The van der Waals surface area contributed by atoms with Gasteiger partial charge in [0.25, 0.3) is 0 Å². The van der Waals surface area contributed by atoms with Gasteiger partial charge in [-0.25, -0.2) is 0 Å². The van der Waals surface area contributed by atoms with E-state index in [4.69, 9.17) is 0 Å². The van der Waals surface area contributed by atoms with Gasteiger partial charge in [0, 0.05) is 5.54 Å². The molecular formula is C17H29NO. The summed E-state index contributed by atoms with van der Waals surface area (Å²) in [7, 11) is 0. The van der Waals surface area contributed by atoms with Gasteiger partial charge < -0.3 is 5.32 Å². The first-order chi connectivity index (χ1) is 8.61. The summed E-state index contributed by atoms with van der Waals surface area (Å²) in [6.45, 7) is 11.1. The van der Waals surface area contributed by atoms with Crippen molar-refractivity contribution >= 4 is 5.91 Å². The van der Waals surface area contributed by atoms with Crippen molar-refractivity contribution in [3.05, 3.63) is 0 Å². The minimum absolute atomic E-state index is 0.0322. The Balaban J connectivity index is 1.69. The van der Waals surface area contributed by atoms with E-state index in [1.54, 1.807) is 0 Å². The molecule has 4 aliphatic carbocycles. The molecule has 4 fully saturated rings. The van der Waals surface area contributed by atoms with Gasteiger partial charge in [-0.2, -0.15) is 0 Å². The number of carbonyl (C=O) groups is 1. The van der Waals surface area contributed by atoms with Crippen LogP contribution in [0.3, 0.4) is 0 Å². The van der Waals surface area contributed by atoms with Crippen LogP contribution in [0.5, 0.6) is 0 Å². The predicted molar refractivity (Wildman–Crippen MR) is 77.7 cm³/mol. The van der Waals surface area contributed by atoms with Crippen LogP contribution in [0.1, 0.15) is 66.7 Å². The average molecular weight is 263 g/mol. The predicted octanol–water partition coefficient (Wildman–Crippen LogP) is 3.75. The van der Waals surface area contributed by atoms with E-state index < -0.39 is 0 Å². The maximum Gasteiger partial charge on any atom is 0.226 e. The lowest BCUT2D eigenvalue weighted by Gasteiger charge is -2.37. The number of nitrogens with one attached hydrogen (secondary N) is 1. The molecule has 4 aliphatic rings. The molecule has 0 heterocycles. The maximum absolute atomic E-state index is 12.9. The van der Waals surface area contributed by atoms with Crippen LogP contribution in [-0.4, -0.2) is 11.4 Å². The number of hydrogen-bond donors (Lipinski definition) is 1. The minimum Gasteiger partial charge on any atom is -0.351 e. The summed E-state index contributed by atoms with van der Waals surface area (Å²) in [4.78, 5) is 12.9. The molecule has 0 radical (unpaired) electrons. The van der Waals surface area contributed by atoms with Crippen LogP contribution in [0.15, 0.2) is 0 Å². The fourth-order valence-electron chi connectivity index (χ4n) is 5.69. The number of amides is 1. The van der Waals surface area contributed by atoms with Gasteiger partial charge >= 0.3 is 0 Å². The molecule has 2 nitrogen and oxygen atoms in total. The molecule has 0 spiro atoms. The van der Waals surface area contributed by atoms with Crippen molar-refractivity contribution in [3.63, 3.8) is 0 Å². The quantitative estimate of drug-likeness (QED) is 0.825. The summed E-state index contributed by atoms with van der Waals surface area (Å²) in [5.41, 5.74) is 0.198. The van der Waals surface area contributed by atoms with Crippen LogP contribution < -0.4 is 5.32 Å². The van der Waals surface area contributed by atoms with Gasteiger partial charge in [-0.3, -0.25) is 4.79 Å². The smallest absolute Gasteiger partial charge is 0.226 e. The van der Waals surface area contributed by atoms with Crippen molar-refractivity contribution < 1.29 is 4.79 Å². The monoisotopic (exact) mass is 263 g/mol. The molecule has 2 atom stereocenters. The second-order valence-corrected chi connectivity index (χ2v) is 9.33. The van der Waals surface area contributed by atoms with Crippen molar-refractivity contribution in [1.29, 1.82) is 0 Å². The Bertz CT molecular complexity index is 390. The molecule has 4 saturated carbocycles. The van der Waals surface area contributed by atoms with E-state index >= 15 is 0 Å². The summed E-state index contributed by atoms with van der Waals surface area (Å²) >= 11 is 0. The van der Waals surface area contributed by atoms with Crippen molar-refractivity contribution in [1.82, 2.24) is 5.32 Å². The molecule has 4 rings (SSSR count). The van der Waals surface area contributed by atoms with Gasteiger partial charge in [-0.1, -0.05) is 20.8 Å². The zero-order chi connectivity index (χ0) is 14.1. The van der Waals surface area contributed by atoms with E-state index in [9.17, 15) is 4.79 Å². The summed E-state index contributed by atoms with van der Waals surface area (Å²) in [5.74, 6) is 2.82. The Hall–Kier alpha value is -0.530. The molecule has 2 heteroatoms. The Labute approximate surface area is 117 Å². The van der Waals surface area contributed by atoms with Crippen LogP contribution in [-0.2, 0) is 4.79 Å². The van der Waals surface area contributed by atoms with Crippen molar-refractivity contribution in [2.24, 2.45) is 28.6 Å². The molecule has 1 amide bonds. The number of rotatable bonds is 3. The highest BCUT2D eigenvalue weighted by atomic mass is 16.2. The first-order valence-corrected chi connectivity index (χ1v) is 7.94. The molecule has 19 heavy (non-hydrogen) atoms. The van der Waals surface area contributed by atoms with Gasteiger partial charge in [0.1, 0.15) is 0 Å². The zero-order valence-corrected chi connectivity index (χ0v) is 13.2. The molecule has 1 N–H and O–H groups in total. The van der Waals surface area contributed by atoms with Crippen LogP contribution in [0.25, 0.3) is 0 Å². The van der Waals surface area contributed by atoms with Crippen molar-refractivity contribution in [2.75, 3.05) is 0 Å². The lowest BCUT2D eigenvalue weighted by molar-refractivity contribution is -0.134. The van der Waals surface area contributed by atoms with Gasteiger partial charge in [-0.05, 0) is 69.1 Å². The number of hydrogen-bond acceptors (Lipinski definition) is 1. The van der Waals surface area contributed by atoms with E-state index in [2.05, 4.69) is 39.9 Å². The molecule has 0 aromatic carbocycles. The number of carbonyl (C=O) groups excluding carboxylic acids is 1. The first kappa shape index (κ1) is 13.5. The van der Waals surface area contributed by atoms with Crippen molar-refractivity contribution in [3.8, 4) is 0 Å². The summed E-state index contributed by atoms with van der Waals surface area (Å²) in [6.07, 6.45) is 6.05. The van der Waals surface area contributed by atoms with Gasteiger partial charge in [0.2, 0.25) is 5.91 Å². The molecule has 108 valence electrons. The first-order valence-electron chi connectivity index (χ1n) is 7.94. The molecule has 4 bridgehead atoms. The van der Waals surface area contributed by atoms with E-state index in [1.165, 1.54) is 25.7 Å². The molecule has 2 unspecified atom stereocenters. The highest BCUT2D eigenvalue weighted by Crippen LogP contribution is 2.70. The highest BCUT2D eigenvalue weighted by molar-refractivity contribution is 5.85. The summed E-state index contributed by atoms with van der Waals surface area (Å²) in [6, 6.07) is 0. The molecule has 0 aromatic rings. The average Bonchev–Trinajstić information content (AvgIpc) is 2.81. The SMILES string of the molecule is CC(C)(C)CC(C)(C)NC(=O)C12CC3CC1CC3C2. The molecular weight excluding hydrogens is 234 g/mol. The lowest BCUT2D eigenvalue weighted by atomic mass is 9.77. The van der Waals surface area contributed by atoms with E-state index in [1.807, 2.05) is 0 Å². The second-order valence-electron chi connectivity index (χ2n) is 9.33. The largest absolute Gasteiger partial charge is 0.351 e. The fourth-order valence-corrected chi connectivity index (χ4v) is 5.69. The van der Waals surface area contributed by atoms with Crippen LogP contribution >= 0.6 is 0 Å². The third kappa shape index (κ3) is 2.11. The molecule has 0 aromatic heterocycles. The molecule has 0 aliphatic heterocycles. The highest BCUT2D eigenvalue weighted by Gasteiger charge is 2.66.